The summed E-state index contributed by atoms with van der Waals surface area (Å²) in [6, 6.07) is 45.3. The van der Waals surface area contributed by atoms with Crippen LogP contribution >= 0.6 is 0 Å². The van der Waals surface area contributed by atoms with Crippen LogP contribution in [0.2, 0.25) is 0 Å². The Bertz CT molecular complexity index is 1790. The Kier molecular flexibility index (Phi) is 7.51. The first-order valence-electron chi connectivity index (χ1n) is 14.0. The molecular weight excluding hydrogens is 480 g/mol. The molecule has 1 aliphatic carbocycles. The summed E-state index contributed by atoms with van der Waals surface area (Å²) in [7, 11) is 0. The molecule has 0 unspecified atom stereocenters. The summed E-state index contributed by atoms with van der Waals surface area (Å²) in [5, 5.41) is 5.16. The van der Waals surface area contributed by atoms with Gasteiger partial charge in [-0.2, -0.15) is 0 Å². The molecule has 0 heteroatoms. The van der Waals surface area contributed by atoms with Gasteiger partial charge in [-0.25, -0.2) is 0 Å². The molecule has 192 valence electrons. The van der Waals surface area contributed by atoms with E-state index in [0.717, 1.165) is 29.5 Å². The largest absolute Gasteiger partial charge is 0.0912 e. The van der Waals surface area contributed by atoms with Gasteiger partial charge < -0.3 is 0 Å². The van der Waals surface area contributed by atoms with Crippen molar-refractivity contribution in [3.05, 3.63) is 175 Å². The number of benzene rings is 4. The van der Waals surface area contributed by atoms with Gasteiger partial charge >= 0.3 is 0 Å². The van der Waals surface area contributed by atoms with Gasteiger partial charge in [0.05, 0.1) is 0 Å². The Morgan fingerprint density at radius 1 is 0.575 bits per heavy atom. The van der Waals surface area contributed by atoms with Gasteiger partial charge in [-0.1, -0.05) is 164 Å². The molecule has 6 rings (SSSR count). The molecule has 40 heavy (non-hydrogen) atoms. The van der Waals surface area contributed by atoms with E-state index in [4.69, 9.17) is 0 Å². The van der Waals surface area contributed by atoms with E-state index in [1.807, 2.05) is 6.07 Å². The van der Waals surface area contributed by atoms with Gasteiger partial charge in [0, 0.05) is 0 Å². The van der Waals surface area contributed by atoms with Crippen LogP contribution in [-0.4, -0.2) is 0 Å². The molecule has 0 nitrogen and oxygen atoms in total. The van der Waals surface area contributed by atoms with Crippen LogP contribution in [0.15, 0.2) is 158 Å². The Balaban J connectivity index is 1.56. The lowest BCUT2D eigenvalue weighted by atomic mass is 9.84. The Morgan fingerprint density at radius 3 is 1.80 bits per heavy atom. The zero-order valence-corrected chi connectivity index (χ0v) is 22.6. The van der Waals surface area contributed by atoms with Crippen LogP contribution in [0.3, 0.4) is 0 Å². The van der Waals surface area contributed by atoms with Gasteiger partial charge in [0.15, 0.2) is 0 Å². The van der Waals surface area contributed by atoms with E-state index in [9.17, 15) is 0 Å². The fourth-order valence-electron chi connectivity index (χ4n) is 5.57. The number of fused-ring (bicyclic) bond motifs is 2. The molecule has 0 N–H and O–H groups in total. The molecule has 0 atom stereocenters. The molecule has 5 aromatic rings. The third-order valence-electron chi connectivity index (χ3n) is 7.53. The van der Waals surface area contributed by atoms with Crippen molar-refractivity contribution in [1.82, 2.24) is 0 Å². The highest BCUT2D eigenvalue weighted by Crippen LogP contribution is 2.43. The lowest BCUT2D eigenvalue weighted by Gasteiger charge is -2.19. The minimum absolute atomic E-state index is 0.969. The van der Waals surface area contributed by atoms with Crippen molar-refractivity contribution < 1.29 is 0 Å². The fraction of sp³-hybridized carbons (Fsp3) is 0.0500. The minimum Gasteiger partial charge on any atom is -0.0912 e. The van der Waals surface area contributed by atoms with Crippen molar-refractivity contribution in [2.75, 3.05) is 0 Å². The van der Waals surface area contributed by atoms with Crippen LogP contribution in [0.4, 0.5) is 0 Å². The summed E-state index contributed by atoms with van der Waals surface area (Å²) >= 11 is 0. The number of hydrogen-bond donors (Lipinski definition) is 0. The van der Waals surface area contributed by atoms with E-state index < -0.39 is 0 Å². The molecule has 0 radical (unpaired) electrons. The second-order valence-electron chi connectivity index (χ2n) is 10.1. The molecule has 0 amide bonds. The van der Waals surface area contributed by atoms with Crippen LogP contribution < -0.4 is 0 Å². The fourth-order valence-corrected chi connectivity index (χ4v) is 5.57. The molecule has 5 aromatic carbocycles. The van der Waals surface area contributed by atoms with E-state index in [2.05, 4.69) is 158 Å². The average Bonchev–Trinajstić information content (AvgIpc) is 3.02. The SMILES string of the molecule is C=C(C=Cc1ccccc1)c1ccccccc(-c2c3ccccc3c(C3=CC=CCC3)c3ccccc23)cc1. The second kappa shape index (κ2) is 11.8. The molecule has 0 bridgehead atoms. The first-order chi connectivity index (χ1) is 19.8. The maximum atomic E-state index is 4.39. The molecule has 0 saturated carbocycles. The van der Waals surface area contributed by atoms with Crippen molar-refractivity contribution >= 4 is 38.8 Å². The van der Waals surface area contributed by atoms with Gasteiger partial charge in [0.1, 0.15) is 0 Å². The summed E-state index contributed by atoms with van der Waals surface area (Å²) in [6.07, 6.45) is 13.1. The minimum atomic E-state index is 0.969. The van der Waals surface area contributed by atoms with Gasteiger partial charge in [0.2, 0.25) is 0 Å². The highest BCUT2D eigenvalue weighted by molar-refractivity contribution is 6.18. The van der Waals surface area contributed by atoms with Crippen LogP contribution in [0, 0.1) is 0 Å². The Morgan fingerprint density at radius 2 is 1.15 bits per heavy atom. The molecule has 0 aliphatic heterocycles. The third-order valence-corrected chi connectivity index (χ3v) is 7.53. The molecule has 0 fully saturated rings. The van der Waals surface area contributed by atoms with E-state index >= 15 is 0 Å². The topological polar surface area (TPSA) is 0 Å². The first kappa shape index (κ1) is 25.3. The Hall–Kier alpha value is -4.94. The van der Waals surface area contributed by atoms with Gasteiger partial charge in [-0.05, 0) is 73.4 Å². The van der Waals surface area contributed by atoms with Gasteiger partial charge in [-0.3, -0.25) is 0 Å². The van der Waals surface area contributed by atoms with E-state index in [-0.39, 0.29) is 0 Å². The molecule has 0 aromatic heterocycles. The zero-order valence-electron chi connectivity index (χ0n) is 22.6. The van der Waals surface area contributed by atoms with Crippen molar-refractivity contribution in [2.45, 2.75) is 12.8 Å². The predicted octanol–water partition coefficient (Wildman–Crippen LogP) is 11.2. The summed E-state index contributed by atoms with van der Waals surface area (Å²) < 4.78 is 0. The van der Waals surface area contributed by atoms with Crippen molar-refractivity contribution in [1.29, 1.82) is 0 Å². The van der Waals surface area contributed by atoms with Gasteiger partial charge in [-0.15, -0.1) is 0 Å². The summed E-state index contributed by atoms with van der Waals surface area (Å²) in [4.78, 5) is 0. The lowest BCUT2D eigenvalue weighted by Crippen LogP contribution is -1.95. The summed E-state index contributed by atoms with van der Waals surface area (Å²) in [5.74, 6) is 0. The maximum Gasteiger partial charge on any atom is -0.00264 e. The first-order valence-corrected chi connectivity index (χ1v) is 14.0. The predicted molar refractivity (Wildman–Crippen MR) is 175 cm³/mol. The molecule has 0 spiro atoms. The zero-order chi connectivity index (χ0) is 27.1. The maximum absolute atomic E-state index is 4.39. The number of rotatable bonds is 5. The monoisotopic (exact) mass is 512 g/mol. The number of hydrogen-bond acceptors (Lipinski definition) is 0. The van der Waals surface area contributed by atoms with E-state index in [1.165, 1.54) is 43.8 Å². The summed E-state index contributed by atoms with van der Waals surface area (Å²) in [6.45, 7) is 4.39. The quantitative estimate of drug-likeness (QED) is 0.162. The van der Waals surface area contributed by atoms with Crippen molar-refractivity contribution in [3.63, 3.8) is 0 Å². The van der Waals surface area contributed by atoms with E-state index in [0.29, 0.717) is 0 Å². The average molecular weight is 513 g/mol. The molecule has 1 aliphatic rings. The highest BCUT2D eigenvalue weighted by Gasteiger charge is 2.17. The van der Waals surface area contributed by atoms with Gasteiger partial charge in [0.25, 0.3) is 0 Å². The molecule has 0 heterocycles. The third kappa shape index (κ3) is 5.30. The smallest absolute Gasteiger partial charge is 0.00264 e. The van der Waals surface area contributed by atoms with Crippen LogP contribution in [-0.2, 0) is 0 Å². The number of allylic oxidation sites excluding steroid dienone is 6. The normalized spacial score (nSPS) is 12.8. The van der Waals surface area contributed by atoms with Crippen molar-refractivity contribution in [3.8, 4) is 11.1 Å². The Labute approximate surface area is 237 Å². The highest BCUT2D eigenvalue weighted by atomic mass is 14.2. The van der Waals surface area contributed by atoms with Crippen LogP contribution in [0.25, 0.3) is 49.9 Å². The summed E-state index contributed by atoms with van der Waals surface area (Å²) in [5.41, 5.74) is 8.42. The van der Waals surface area contributed by atoms with Crippen LogP contribution in [0.5, 0.6) is 0 Å². The second-order valence-corrected chi connectivity index (χ2v) is 10.1. The van der Waals surface area contributed by atoms with Crippen LogP contribution in [0.1, 0.15) is 29.5 Å². The van der Waals surface area contributed by atoms with Crippen molar-refractivity contribution in [2.24, 2.45) is 0 Å². The molecular formula is C40H32. The molecule has 0 saturated heterocycles. The lowest BCUT2D eigenvalue weighted by molar-refractivity contribution is 1.06. The standard InChI is InChI=1S/C40H32/c1-30(26-27-31-16-6-4-7-17-31)32-18-8-2-3-9-21-34(29-28-32)40-37-24-14-12-22-35(37)39(33-19-10-5-11-20-33)36-23-13-15-25-38(36)40/h2-10,12-19,21-29H,1,11,20H2. The van der Waals surface area contributed by atoms with E-state index in [1.54, 1.807) is 0 Å².